The highest BCUT2D eigenvalue weighted by Crippen LogP contribution is 2.51. The van der Waals surface area contributed by atoms with Crippen LogP contribution in [0.25, 0.3) is 0 Å². The molecule has 0 heterocycles. The van der Waals surface area contributed by atoms with Crippen molar-refractivity contribution in [2.75, 3.05) is 0 Å². The maximum atomic E-state index is 13.5. The number of nitro benzene ring substituents is 1. The summed E-state index contributed by atoms with van der Waals surface area (Å²) >= 11 is 0. The first kappa shape index (κ1) is 9.59. The van der Waals surface area contributed by atoms with Gasteiger partial charge in [-0.3, -0.25) is 10.1 Å². The lowest BCUT2D eigenvalue weighted by molar-refractivity contribution is -0.385. The first-order valence-corrected chi connectivity index (χ1v) is 4.45. The van der Waals surface area contributed by atoms with Gasteiger partial charge in [-0.1, -0.05) is 6.07 Å². The van der Waals surface area contributed by atoms with Crippen LogP contribution in [0, 0.1) is 27.3 Å². The third-order valence-corrected chi connectivity index (χ3v) is 2.63. The van der Waals surface area contributed by atoms with Crippen LogP contribution in [0.1, 0.15) is 18.4 Å². The molecule has 1 fully saturated rings. The average Bonchev–Trinajstić information content (AvgIpc) is 2.98. The molecule has 0 saturated heterocycles. The van der Waals surface area contributed by atoms with Crippen molar-refractivity contribution in [2.24, 2.45) is 0 Å². The third kappa shape index (κ3) is 1.34. The van der Waals surface area contributed by atoms with Gasteiger partial charge in [0.1, 0.15) is 5.82 Å². The van der Waals surface area contributed by atoms with Crippen LogP contribution < -0.4 is 0 Å². The van der Waals surface area contributed by atoms with Gasteiger partial charge in [-0.2, -0.15) is 5.26 Å². The minimum Gasteiger partial charge on any atom is -0.258 e. The molecule has 0 aliphatic heterocycles. The van der Waals surface area contributed by atoms with Crippen LogP contribution in [0.15, 0.2) is 18.2 Å². The van der Waals surface area contributed by atoms with Crippen molar-refractivity contribution in [2.45, 2.75) is 18.3 Å². The van der Waals surface area contributed by atoms with Crippen molar-refractivity contribution in [3.05, 3.63) is 39.7 Å². The molecule has 1 aliphatic rings. The first-order chi connectivity index (χ1) is 7.10. The Morgan fingerprint density at radius 1 is 1.53 bits per heavy atom. The second-order valence-electron chi connectivity index (χ2n) is 3.58. The predicted molar refractivity (Wildman–Crippen MR) is 49.6 cm³/mol. The van der Waals surface area contributed by atoms with E-state index in [1.807, 2.05) is 6.07 Å². The zero-order valence-electron chi connectivity index (χ0n) is 7.74. The van der Waals surface area contributed by atoms with Gasteiger partial charge in [0.15, 0.2) is 0 Å². The molecule has 1 aliphatic carbocycles. The lowest BCUT2D eigenvalue weighted by atomic mass is 9.95. The van der Waals surface area contributed by atoms with Crippen molar-refractivity contribution >= 4 is 5.69 Å². The zero-order valence-corrected chi connectivity index (χ0v) is 7.74. The van der Waals surface area contributed by atoms with Gasteiger partial charge in [-0.25, -0.2) is 4.39 Å². The molecule has 0 atom stereocenters. The molecule has 1 aromatic carbocycles. The Bertz CT molecular complexity index is 475. The van der Waals surface area contributed by atoms with E-state index in [0.29, 0.717) is 12.8 Å². The minimum absolute atomic E-state index is 0.0579. The summed E-state index contributed by atoms with van der Waals surface area (Å²) in [6.45, 7) is 0. The maximum Gasteiger partial charge on any atom is 0.277 e. The van der Waals surface area contributed by atoms with E-state index in [4.69, 9.17) is 5.26 Å². The Hall–Kier alpha value is -1.96. The molecule has 5 heteroatoms. The SMILES string of the molecule is N#CC1(c2c(F)cccc2[N+](=O)[O-])CC1. The highest BCUT2D eigenvalue weighted by Gasteiger charge is 2.50. The van der Waals surface area contributed by atoms with Crippen LogP contribution in [0.3, 0.4) is 0 Å². The highest BCUT2D eigenvalue weighted by atomic mass is 19.1. The number of halogens is 1. The Balaban J connectivity index is 2.64. The molecule has 0 unspecified atom stereocenters. The Morgan fingerprint density at radius 2 is 2.20 bits per heavy atom. The van der Waals surface area contributed by atoms with Crippen molar-refractivity contribution in [1.82, 2.24) is 0 Å². The number of nitriles is 1. The molecule has 0 spiro atoms. The summed E-state index contributed by atoms with van der Waals surface area (Å²) in [4.78, 5) is 10.1. The molecule has 76 valence electrons. The van der Waals surface area contributed by atoms with Crippen molar-refractivity contribution in [3.8, 4) is 6.07 Å². The quantitative estimate of drug-likeness (QED) is 0.550. The monoisotopic (exact) mass is 206 g/mol. The summed E-state index contributed by atoms with van der Waals surface area (Å²) in [5, 5.41) is 19.6. The van der Waals surface area contributed by atoms with Crippen LogP contribution in [-0.2, 0) is 5.41 Å². The van der Waals surface area contributed by atoms with E-state index in [1.165, 1.54) is 12.1 Å². The van der Waals surface area contributed by atoms with Crippen LogP contribution in [0.4, 0.5) is 10.1 Å². The fourth-order valence-corrected chi connectivity index (χ4v) is 1.68. The van der Waals surface area contributed by atoms with Crippen LogP contribution in [0.2, 0.25) is 0 Å². The highest BCUT2D eigenvalue weighted by molar-refractivity contribution is 5.52. The van der Waals surface area contributed by atoms with Crippen molar-refractivity contribution in [1.29, 1.82) is 5.26 Å². The fraction of sp³-hybridized carbons (Fsp3) is 0.300. The number of benzene rings is 1. The maximum absolute atomic E-state index is 13.5. The third-order valence-electron chi connectivity index (χ3n) is 2.63. The summed E-state index contributed by atoms with van der Waals surface area (Å²) in [6.07, 6.45) is 0.983. The Morgan fingerprint density at radius 3 is 2.67 bits per heavy atom. The van der Waals surface area contributed by atoms with Gasteiger partial charge in [0.05, 0.1) is 22.0 Å². The molecule has 0 radical (unpaired) electrons. The molecular weight excluding hydrogens is 199 g/mol. The van der Waals surface area contributed by atoms with Gasteiger partial charge in [-0.15, -0.1) is 0 Å². The number of rotatable bonds is 2. The summed E-state index contributed by atoms with van der Waals surface area (Å²) in [5.74, 6) is -0.664. The number of nitro groups is 1. The number of nitrogens with zero attached hydrogens (tertiary/aromatic N) is 2. The fourth-order valence-electron chi connectivity index (χ4n) is 1.68. The largest absolute Gasteiger partial charge is 0.277 e. The first-order valence-electron chi connectivity index (χ1n) is 4.45. The van der Waals surface area contributed by atoms with Gasteiger partial charge in [0.25, 0.3) is 5.69 Å². The van der Waals surface area contributed by atoms with E-state index in [-0.39, 0.29) is 11.3 Å². The Kier molecular flexibility index (Phi) is 1.93. The van der Waals surface area contributed by atoms with Crippen molar-refractivity contribution < 1.29 is 9.31 Å². The van der Waals surface area contributed by atoms with E-state index in [2.05, 4.69) is 0 Å². The predicted octanol–water partition coefficient (Wildman–Crippen LogP) is 2.29. The molecule has 0 N–H and O–H groups in total. The smallest absolute Gasteiger partial charge is 0.258 e. The van der Waals surface area contributed by atoms with E-state index in [0.717, 1.165) is 6.07 Å². The standard InChI is InChI=1S/C10H7FN2O2/c11-7-2-1-3-8(13(14)15)9(7)10(6-12)4-5-10/h1-3H,4-5H2. The molecule has 1 aromatic rings. The van der Waals surface area contributed by atoms with E-state index < -0.39 is 16.2 Å². The molecule has 0 aromatic heterocycles. The second-order valence-corrected chi connectivity index (χ2v) is 3.58. The van der Waals surface area contributed by atoms with E-state index >= 15 is 0 Å². The lowest BCUT2D eigenvalue weighted by Gasteiger charge is -2.07. The number of hydrogen-bond donors (Lipinski definition) is 0. The van der Waals surface area contributed by atoms with Crippen molar-refractivity contribution in [3.63, 3.8) is 0 Å². The average molecular weight is 206 g/mol. The molecular formula is C10H7FN2O2. The molecule has 2 rings (SSSR count). The minimum atomic E-state index is -0.965. The second kappa shape index (κ2) is 3.02. The van der Waals surface area contributed by atoms with Crippen LogP contribution in [0.5, 0.6) is 0 Å². The van der Waals surface area contributed by atoms with Gasteiger partial charge in [0, 0.05) is 6.07 Å². The molecule has 1 saturated carbocycles. The van der Waals surface area contributed by atoms with Crippen LogP contribution >= 0.6 is 0 Å². The summed E-state index contributed by atoms with van der Waals surface area (Å²) in [7, 11) is 0. The van der Waals surface area contributed by atoms with Gasteiger partial charge < -0.3 is 0 Å². The van der Waals surface area contributed by atoms with E-state index in [9.17, 15) is 14.5 Å². The molecule has 0 bridgehead atoms. The lowest BCUT2D eigenvalue weighted by Crippen LogP contribution is -2.09. The normalized spacial score (nSPS) is 16.8. The molecule has 15 heavy (non-hydrogen) atoms. The van der Waals surface area contributed by atoms with Crippen LogP contribution in [-0.4, -0.2) is 4.92 Å². The van der Waals surface area contributed by atoms with E-state index in [1.54, 1.807) is 0 Å². The summed E-state index contributed by atoms with van der Waals surface area (Å²) < 4.78 is 13.5. The number of hydrogen-bond acceptors (Lipinski definition) is 3. The topological polar surface area (TPSA) is 66.9 Å². The Labute approximate surface area is 85.1 Å². The summed E-state index contributed by atoms with van der Waals surface area (Å²) in [6, 6.07) is 5.63. The molecule has 4 nitrogen and oxygen atoms in total. The van der Waals surface area contributed by atoms with Gasteiger partial charge in [-0.05, 0) is 18.9 Å². The molecule has 0 amide bonds. The zero-order chi connectivity index (χ0) is 11.1. The van der Waals surface area contributed by atoms with Gasteiger partial charge in [0.2, 0.25) is 0 Å². The van der Waals surface area contributed by atoms with Gasteiger partial charge >= 0.3 is 0 Å². The summed E-state index contributed by atoms with van der Waals surface area (Å²) in [5.41, 5.74) is -1.32.